The van der Waals surface area contributed by atoms with E-state index in [-0.39, 0.29) is 11.9 Å². The van der Waals surface area contributed by atoms with E-state index in [0.29, 0.717) is 9.23 Å². The van der Waals surface area contributed by atoms with Crippen LogP contribution in [-0.4, -0.2) is 15.1 Å². The lowest BCUT2D eigenvalue weighted by atomic mass is 10.1. The van der Waals surface area contributed by atoms with Crippen molar-refractivity contribution in [2.24, 2.45) is 0 Å². The predicted molar refractivity (Wildman–Crippen MR) is 96.3 cm³/mol. The molecule has 1 saturated heterocycles. The standard InChI is InChI=1S/C18H15NOS2/c1-13(15-10-6-3-7-11-15)19-17(20)16(22-18(19)21)12-14-8-4-2-5-9-14/h2-13H,1H3/b16-12-. The molecule has 1 atom stereocenters. The topological polar surface area (TPSA) is 20.3 Å². The van der Waals surface area contributed by atoms with Gasteiger partial charge in [-0.1, -0.05) is 84.6 Å². The van der Waals surface area contributed by atoms with Crippen LogP contribution in [0.1, 0.15) is 24.1 Å². The van der Waals surface area contributed by atoms with Gasteiger partial charge in [0.05, 0.1) is 10.9 Å². The van der Waals surface area contributed by atoms with Gasteiger partial charge in [0.2, 0.25) is 0 Å². The number of carbonyl (C=O) groups excluding carboxylic acids is 1. The smallest absolute Gasteiger partial charge is 0.266 e. The average molecular weight is 325 g/mol. The maximum Gasteiger partial charge on any atom is 0.266 e. The van der Waals surface area contributed by atoms with Gasteiger partial charge in [-0.2, -0.15) is 0 Å². The van der Waals surface area contributed by atoms with Crippen LogP contribution in [0.3, 0.4) is 0 Å². The Hall–Kier alpha value is -1.91. The first-order chi connectivity index (χ1) is 10.7. The first-order valence-corrected chi connectivity index (χ1v) is 8.26. The van der Waals surface area contributed by atoms with Crippen molar-refractivity contribution >= 4 is 40.3 Å². The fourth-order valence-electron chi connectivity index (χ4n) is 2.39. The maximum atomic E-state index is 12.7. The molecule has 1 amide bonds. The van der Waals surface area contributed by atoms with E-state index in [2.05, 4.69) is 0 Å². The molecule has 0 N–H and O–H groups in total. The van der Waals surface area contributed by atoms with E-state index in [1.54, 1.807) is 4.90 Å². The van der Waals surface area contributed by atoms with Gasteiger partial charge in [0, 0.05) is 0 Å². The maximum absolute atomic E-state index is 12.7. The molecule has 0 bridgehead atoms. The summed E-state index contributed by atoms with van der Waals surface area (Å²) in [5, 5.41) is 0. The number of hydrogen-bond acceptors (Lipinski definition) is 3. The Balaban J connectivity index is 1.88. The number of thioether (sulfide) groups is 1. The molecular formula is C18H15NOS2. The van der Waals surface area contributed by atoms with Crippen LogP contribution in [-0.2, 0) is 4.79 Å². The molecule has 1 unspecified atom stereocenters. The molecule has 2 aromatic carbocycles. The van der Waals surface area contributed by atoms with Crippen LogP contribution < -0.4 is 0 Å². The van der Waals surface area contributed by atoms with Crippen LogP contribution in [0.2, 0.25) is 0 Å². The highest BCUT2D eigenvalue weighted by Crippen LogP contribution is 2.37. The van der Waals surface area contributed by atoms with Crippen molar-refractivity contribution in [3.05, 3.63) is 76.7 Å². The van der Waals surface area contributed by atoms with E-state index in [0.717, 1.165) is 11.1 Å². The molecule has 1 aliphatic rings. The van der Waals surface area contributed by atoms with Gasteiger partial charge in [-0.05, 0) is 24.1 Å². The molecule has 0 spiro atoms. The lowest BCUT2D eigenvalue weighted by Crippen LogP contribution is -2.30. The number of amides is 1. The van der Waals surface area contributed by atoms with Crippen molar-refractivity contribution in [2.45, 2.75) is 13.0 Å². The van der Waals surface area contributed by atoms with Crippen LogP contribution in [0.15, 0.2) is 65.6 Å². The summed E-state index contributed by atoms with van der Waals surface area (Å²) < 4.78 is 0.614. The first kappa shape index (κ1) is 15.0. The highest BCUT2D eigenvalue weighted by atomic mass is 32.2. The van der Waals surface area contributed by atoms with Crippen molar-refractivity contribution in [3.63, 3.8) is 0 Å². The molecule has 1 heterocycles. The zero-order valence-corrected chi connectivity index (χ0v) is 13.7. The summed E-state index contributed by atoms with van der Waals surface area (Å²) in [7, 11) is 0. The van der Waals surface area contributed by atoms with Crippen LogP contribution in [0.25, 0.3) is 6.08 Å². The predicted octanol–water partition coefficient (Wildman–Crippen LogP) is 4.65. The highest BCUT2D eigenvalue weighted by molar-refractivity contribution is 8.26. The second kappa shape index (κ2) is 6.46. The normalized spacial score (nSPS) is 18.0. The summed E-state index contributed by atoms with van der Waals surface area (Å²) in [6, 6.07) is 19.7. The molecule has 4 heteroatoms. The van der Waals surface area contributed by atoms with Crippen molar-refractivity contribution in [1.29, 1.82) is 0 Å². The van der Waals surface area contributed by atoms with Gasteiger partial charge in [0.25, 0.3) is 5.91 Å². The highest BCUT2D eigenvalue weighted by Gasteiger charge is 2.35. The lowest BCUT2D eigenvalue weighted by Gasteiger charge is -2.23. The molecule has 110 valence electrons. The Labute approximate surface area is 139 Å². The quantitative estimate of drug-likeness (QED) is 0.605. The average Bonchev–Trinajstić information content (AvgIpc) is 2.82. The van der Waals surface area contributed by atoms with E-state index in [1.807, 2.05) is 73.7 Å². The number of hydrogen-bond donors (Lipinski definition) is 0. The summed E-state index contributed by atoms with van der Waals surface area (Å²) in [6.45, 7) is 2.01. The summed E-state index contributed by atoms with van der Waals surface area (Å²) in [5.74, 6) is -0.0183. The van der Waals surface area contributed by atoms with Gasteiger partial charge in [-0.3, -0.25) is 9.69 Å². The van der Waals surface area contributed by atoms with Gasteiger partial charge in [0.15, 0.2) is 0 Å². The van der Waals surface area contributed by atoms with Gasteiger partial charge in [-0.25, -0.2) is 0 Å². The minimum absolute atomic E-state index is 0.0183. The Bertz CT molecular complexity index is 725. The van der Waals surface area contributed by atoms with Crippen LogP contribution >= 0.6 is 24.0 Å². The number of benzene rings is 2. The summed E-state index contributed by atoms with van der Waals surface area (Å²) in [4.78, 5) is 15.1. The third-order valence-electron chi connectivity index (χ3n) is 3.59. The number of nitrogens with zero attached hydrogens (tertiary/aromatic N) is 1. The molecule has 0 aliphatic carbocycles. The summed E-state index contributed by atoms with van der Waals surface area (Å²) >= 11 is 6.78. The van der Waals surface area contributed by atoms with Crippen LogP contribution in [0.4, 0.5) is 0 Å². The van der Waals surface area contributed by atoms with Crippen molar-refractivity contribution in [1.82, 2.24) is 4.90 Å². The second-order valence-electron chi connectivity index (χ2n) is 5.05. The lowest BCUT2D eigenvalue weighted by molar-refractivity contribution is -0.123. The Morgan fingerprint density at radius 3 is 2.27 bits per heavy atom. The molecule has 0 saturated carbocycles. The number of thiocarbonyl (C=S) groups is 1. The third-order valence-corrected chi connectivity index (χ3v) is 4.92. The van der Waals surface area contributed by atoms with Crippen molar-refractivity contribution in [3.8, 4) is 0 Å². The van der Waals surface area contributed by atoms with Gasteiger partial charge >= 0.3 is 0 Å². The van der Waals surface area contributed by atoms with E-state index < -0.39 is 0 Å². The first-order valence-electron chi connectivity index (χ1n) is 7.04. The van der Waals surface area contributed by atoms with E-state index in [9.17, 15) is 4.79 Å². The molecular weight excluding hydrogens is 310 g/mol. The second-order valence-corrected chi connectivity index (χ2v) is 6.72. The molecule has 1 aliphatic heterocycles. The molecule has 0 radical (unpaired) electrons. The van der Waals surface area contributed by atoms with Gasteiger partial charge in [0.1, 0.15) is 4.32 Å². The van der Waals surface area contributed by atoms with Crippen molar-refractivity contribution in [2.75, 3.05) is 0 Å². The van der Waals surface area contributed by atoms with Crippen LogP contribution in [0, 0.1) is 0 Å². The minimum atomic E-state index is -0.0598. The Morgan fingerprint density at radius 2 is 1.64 bits per heavy atom. The monoisotopic (exact) mass is 325 g/mol. The fraction of sp³-hybridized carbons (Fsp3) is 0.111. The number of carbonyl (C=O) groups is 1. The minimum Gasteiger partial charge on any atom is -0.286 e. The van der Waals surface area contributed by atoms with E-state index >= 15 is 0 Å². The van der Waals surface area contributed by atoms with Gasteiger partial charge in [-0.15, -0.1) is 0 Å². The molecule has 2 aromatic rings. The molecule has 22 heavy (non-hydrogen) atoms. The summed E-state index contributed by atoms with van der Waals surface area (Å²) in [5.41, 5.74) is 2.09. The van der Waals surface area contributed by atoms with Crippen molar-refractivity contribution < 1.29 is 4.79 Å². The largest absolute Gasteiger partial charge is 0.286 e. The van der Waals surface area contributed by atoms with Crippen LogP contribution in [0.5, 0.6) is 0 Å². The van der Waals surface area contributed by atoms with Gasteiger partial charge < -0.3 is 0 Å². The summed E-state index contributed by atoms with van der Waals surface area (Å²) in [6.07, 6.45) is 1.90. The Morgan fingerprint density at radius 1 is 1.05 bits per heavy atom. The molecule has 1 fully saturated rings. The van der Waals surface area contributed by atoms with E-state index in [4.69, 9.17) is 12.2 Å². The number of rotatable bonds is 3. The SMILES string of the molecule is CC(c1ccccc1)N1C(=O)/C(=C/c2ccccc2)SC1=S. The molecule has 3 rings (SSSR count). The Kier molecular flexibility index (Phi) is 4.41. The molecule has 2 nitrogen and oxygen atoms in total. The third kappa shape index (κ3) is 2.98. The molecule has 0 aromatic heterocycles. The zero-order valence-electron chi connectivity index (χ0n) is 12.1. The fourth-order valence-corrected chi connectivity index (χ4v) is 3.81. The zero-order chi connectivity index (χ0) is 15.5. The van der Waals surface area contributed by atoms with E-state index in [1.165, 1.54) is 11.8 Å².